The lowest BCUT2D eigenvalue weighted by atomic mass is 10.2. The molecule has 1 amide bonds. The van der Waals surface area contributed by atoms with Gasteiger partial charge in [0.25, 0.3) is 5.91 Å². The minimum Gasteiger partial charge on any atom is -0.459 e. The highest BCUT2D eigenvalue weighted by Gasteiger charge is 2.09. The Bertz CT molecular complexity index is 1230. The first kappa shape index (κ1) is 25.3. The number of aromatic nitrogens is 2. The zero-order chi connectivity index (χ0) is 23.0. The van der Waals surface area contributed by atoms with Crippen molar-refractivity contribution in [2.75, 3.05) is 18.9 Å². The first-order chi connectivity index (χ1) is 16.1. The van der Waals surface area contributed by atoms with Gasteiger partial charge in [-0.15, -0.1) is 24.0 Å². The van der Waals surface area contributed by atoms with Crippen molar-refractivity contribution in [3.05, 3.63) is 84.1 Å². The number of nitrogens with one attached hydrogen (secondary N) is 3. The fourth-order valence-electron chi connectivity index (χ4n) is 3.63. The molecule has 0 aliphatic carbocycles. The summed E-state index contributed by atoms with van der Waals surface area (Å²) >= 11 is 0. The quantitative estimate of drug-likeness (QED) is 0.125. The second-order valence-electron chi connectivity index (χ2n) is 7.63. The van der Waals surface area contributed by atoms with E-state index in [4.69, 9.17) is 4.42 Å². The molecule has 3 N–H and O–H groups in total. The Morgan fingerprint density at radius 2 is 1.85 bits per heavy atom. The summed E-state index contributed by atoms with van der Waals surface area (Å²) in [4.78, 5) is 21.0. The number of furan rings is 1. The molecule has 4 aromatic rings. The van der Waals surface area contributed by atoms with Crippen LogP contribution in [-0.2, 0) is 13.1 Å². The third-order valence-electron chi connectivity index (χ3n) is 5.34. The number of halogens is 1. The van der Waals surface area contributed by atoms with Gasteiger partial charge in [0.2, 0.25) is 0 Å². The van der Waals surface area contributed by atoms with Crippen molar-refractivity contribution in [1.29, 1.82) is 0 Å². The van der Waals surface area contributed by atoms with Crippen molar-refractivity contribution < 1.29 is 9.21 Å². The Kier molecular flexibility index (Phi) is 9.08. The number of hydrogen-bond donors (Lipinski definition) is 3. The van der Waals surface area contributed by atoms with Gasteiger partial charge in [0.1, 0.15) is 5.82 Å². The SMILES string of the molecule is CN=C(NCCCn1c(C)nc2ccccc21)NCc1ccc(NC(=O)c2ccco2)cc1.I. The minimum atomic E-state index is -0.269. The van der Waals surface area contributed by atoms with Gasteiger partial charge < -0.3 is 24.9 Å². The van der Waals surface area contributed by atoms with Gasteiger partial charge >= 0.3 is 0 Å². The summed E-state index contributed by atoms with van der Waals surface area (Å²) in [6.07, 6.45) is 2.43. The maximum absolute atomic E-state index is 12.1. The molecular formula is C25H29IN6O2. The lowest BCUT2D eigenvalue weighted by molar-refractivity contribution is 0.0996. The maximum atomic E-state index is 12.1. The van der Waals surface area contributed by atoms with Crippen molar-refractivity contribution in [1.82, 2.24) is 20.2 Å². The van der Waals surface area contributed by atoms with E-state index in [0.29, 0.717) is 12.2 Å². The van der Waals surface area contributed by atoms with Gasteiger partial charge in [-0.1, -0.05) is 24.3 Å². The number of hydrogen-bond acceptors (Lipinski definition) is 4. The lowest BCUT2D eigenvalue weighted by Crippen LogP contribution is -2.37. The van der Waals surface area contributed by atoms with Crippen LogP contribution in [0.3, 0.4) is 0 Å². The smallest absolute Gasteiger partial charge is 0.291 e. The highest BCUT2D eigenvalue weighted by Crippen LogP contribution is 2.15. The molecule has 0 fully saturated rings. The maximum Gasteiger partial charge on any atom is 0.291 e. The Balaban J connectivity index is 0.00000324. The number of aliphatic imine (C=N–C) groups is 1. The molecule has 0 saturated heterocycles. The Morgan fingerprint density at radius 1 is 1.06 bits per heavy atom. The van der Waals surface area contributed by atoms with Crippen molar-refractivity contribution in [2.45, 2.75) is 26.4 Å². The topological polar surface area (TPSA) is 96.5 Å². The second-order valence-corrected chi connectivity index (χ2v) is 7.63. The largest absolute Gasteiger partial charge is 0.459 e. The zero-order valence-corrected chi connectivity index (χ0v) is 21.6. The number of fused-ring (bicyclic) bond motifs is 1. The molecule has 0 spiro atoms. The number of anilines is 1. The first-order valence-electron chi connectivity index (χ1n) is 10.9. The second kappa shape index (κ2) is 12.2. The summed E-state index contributed by atoms with van der Waals surface area (Å²) in [7, 11) is 1.76. The third kappa shape index (κ3) is 6.37. The molecule has 2 heterocycles. The Labute approximate surface area is 215 Å². The van der Waals surface area contributed by atoms with Crippen molar-refractivity contribution in [3.63, 3.8) is 0 Å². The molecule has 8 nitrogen and oxygen atoms in total. The molecule has 2 aromatic heterocycles. The van der Waals surface area contributed by atoms with E-state index < -0.39 is 0 Å². The minimum absolute atomic E-state index is 0. The Morgan fingerprint density at radius 3 is 2.59 bits per heavy atom. The van der Waals surface area contributed by atoms with Gasteiger partial charge in [0, 0.05) is 32.4 Å². The number of aryl methyl sites for hydroxylation is 2. The molecular weight excluding hydrogens is 543 g/mol. The molecule has 0 unspecified atom stereocenters. The number of nitrogens with zero attached hydrogens (tertiary/aromatic N) is 3. The van der Waals surface area contributed by atoms with Crippen LogP contribution in [0.2, 0.25) is 0 Å². The van der Waals surface area contributed by atoms with Crippen LogP contribution in [0.5, 0.6) is 0 Å². The molecule has 4 rings (SSSR count). The van der Waals surface area contributed by atoms with Gasteiger partial charge in [-0.25, -0.2) is 4.98 Å². The van der Waals surface area contributed by atoms with E-state index in [0.717, 1.165) is 42.4 Å². The summed E-state index contributed by atoms with van der Waals surface area (Å²) in [5, 5.41) is 9.49. The number of amides is 1. The predicted octanol–water partition coefficient (Wildman–Crippen LogP) is 4.56. The van der Waals surface area contributed by atoms with Crippen LogP contribution in [0, 0.1) is 6.92 Å². The summed E-state index contributed by atoms with van der Waals surface area (Å²) in [6.45, 7) is 4.35. The molecule has 0 radical (unpaired) electrons. The van der Waals surface area contributed by atoms with E-state index >= 15 is 0 Å². The highest BCUT2D eigenvalue weighted by molar-refractivity contribution is 14.0. The van der Waals surface area contributed by atoms with Gasteiger partial charge in [0.05, 0.1) is 17.3 Å². The van der Waals surface area contributed by atoms with E-state index in [9.17, 15) is 4.79 Å². The van der Waals surface area contributed by atoms with Crippen LogP contribution in [0.15, 0.2) is 76.3 Å². The monoisotopic (exact) mass is 572 g/mol. The van der Waals surface area contributed by atoms with Crippen molar-refractivity contribution in [2.24, 2.45) is 4.99 Å². The molecule has 0 aliphatic rings. The number of carbonyl (C=O) groups excluding carboxylic acids is 1. The molecule has 178 valence electrons. The van der Waals surface area contributed by atoms with Gasteiger partial charge in [0.15, 0.2) is 11.7 Å². The van der Waals surface area contributed by atoms with Crippen LogP contribution in [0.1, 0.15) is 28.4 Å². The van der Waals surface area contributed by atoms with E-state index in [1.807, 2.05) is 49.4 Å². The number of carbonyl (C=O) groups is 1. The first-order valence-corrected chi connectivity index (χ1v) is 10.9. The van der Waals surface area contributed by atoms with Crippen LogP contribution in [0.4, 0.5) is 5.69 Å². The van der Waals surface area contributed by atoms with Crippen molar-refractivity contribution >= 4 is 52.6 Å². The number of imidazole rings is 1. The normalized spacial score (nSPS) is 11.2. The molecule has 34 heavy (non-hydrogen) atoms. The number of guanidine groups is 1. The zero-order valence-electron chi connectivity index (χ0n) is 19.2. The van der Waals surface area contributed by atoms with E-state index in [1.54, 1.807) is 19.2 Å². The number of rotatable bonds is 8. The van der Waals surface area contributed by atoms with Crippen LogP contribution in [0.25, 0.3) is 11.0 Å². The van der Waals surface area contributed by atoms with Crippen LogP contribution in [-0.4, -0.2) is 35.0 Å². The Hall–Kier alpha value is -3.34. The van der Waals surface area contributed by atoms with Crippen LogP contribution < -0.4 is 16.0 Å². The summed E-state index contributed by atoms with van der Waals surface area (Å²) in [5.41, 5.74) is 3.99. The molecule has 0 saturated carbocycles. The van der Waals surface area contributed by atoms with Gasteiger partial charge in [-0.05, 0) is 55.3 Å². The number of benzene rings is 2. The fraction of sp³-hybridized carbons (Fsp3) is 0.240. The molecule has 0 atom stereocenters. The standard InChI is InChI=1S/C25H28N6O2.HI/c1-18-29-21-7-3-4-8-22(21)31(18)15-6-14-27-25(26-2)28-17-19-10-12-20(13-11-19)30-24(32)23-9-5-16-33-23;/h3-5,7-13,16H,6,14-15,17H2,1-2H3,(H,30,32)(H2,26,27,28);1H. The molecule has 9 heteroatoms. The average molecular weight is 572 g/mol. The fourth-order valence-corrected chi connectivity index (χ4v) is 3.63. The van der Waals surface area contributed by atoms with E-state index in [2.05, 4.69) is 36.6 Å². The molecule has 0 aliphatic heterocycles. The third-order valence-corrected chi connectivity index (χ3v) is 5.34. The molecule has 2 aromatic carbocycles. The lowest BCUT2D eigenvalue weighted by Gasteiger charge is -2.13. The average Bonchev–Trinajstić information content (AvgIpc) is 3.48. The van der Waals surface area contributed by atoms with Gasteiger partial charge in [-0.2, -0.15) is 0 Å². The van der Waals surface area contributed by atoms with E-state index in [-0.39, 0.29) is 35.6 Å². The summed E-state index contributed by atoms with van der Waals surface area (Å²) in [6, 6.07) is 19.2. The summed E-state index contributed by atoms with van der Waals surface area (Å²) in [5.74, 6) is 1.79. The number of para-hydroxylation sites is 2. The van der Waals surface area contributed by atoms with Crippen molar-refractivity contribution in [3.8, 4) is 0 Å². The predicted molar refractivity (Wildman–Crippen MR) is 146 cm³/mol. The molecule has 0 bridgehead atoms. The van der Waals surface area contributed by atoms with Gasteiger partial charge in [-0.3, -0.25) is 9.79 Å². The summed E-state index contributed by atoms with van der Waals surface area (Å²) < 4.78 is 7.36. The highest BCUT2D eigenvalue weighted by atomic mass is 127. The van der Waals surface area contributed by atoms with Crippen LogP contribution >= 0.6 is 24.0 Å². The van der Waals surface area contributed by atoms with E-state index in [1.165, 1.54) is 11.8 Å².